The van der Waals surface area contributed by atoms with E-state index in [2.05, 4.69) is 76.5 Å². The summed E-state index contributed by atoms with van der Waals surface area (Å²) in [6, 6.07) is 26.3. The lowest BCUT2D eigenvalue weighted by atomic mass is 9.86. The van der Waals surface area contributed by atoms with Crippen LogP contribution in [0.5, 0.6) is 0 Å². The van der Waals surface area contributed by atoms with Crippen LogP contribution in [0.2, 0.25) is 10.0 Å². The summed E-state index contributed by atoms with van der Waals surface area (Å²) in [5, 5.41) is 6.05. The summed E-state index contributed by atoms with van der Waals surface area (Å²) in [6.07, 6.45) is 4.50. The molecule has 264 valence electrons. The van der Waals surface area contributed by atoms with Gasteiger partial charge in [-0.2, -0.15) is 8.42 Å². The van der Waals surface area contributed by atoms with Gasteiger partial charge in [0.1, 0.15) is 0 Å². The third-order valence-electron chi connectivity index (χ3n) is 8.13. The number of halogens is 2. The van der Waals surface area contributed by atoms with Crippen molar-refractivity contribution >= 4 is 56.9 Å². The van der Waals surface area contributed by atoms with E-state index in [9.17, 15) is 18.0 Å². The molecular formula is C40H44Cl2N2O5S. The Balaban J connectivity index is 1.59. The molecule has 4 aromatic rings. The van der Waals surface area contributed by atoms with Crippen molar-refractivity contribution in [3.8, 4) is 11.1 Å². The van der Waals surface area contributed by atoms with Gasteiger partial charge in [-0.15, -0.1) is 0 Å². The molecule has 1 unspecified atom stereocenters. The molecule has 0 radical (unpaired) electrons. The summed E-state index contributed by atoms with van der Waals surface area (Å²) in [7, 11) is -4.19. The predicted molar refractivity (Wildman–Crippen MR) is 206 cm³/mol. The van der Waals surface area contributed by atoms with E-state index in [0.717, 1.165) is 27.8 Å². The van der Waals surface area contributed by atoms with Crippen molar-refractivity contribution < 1.29 is 22.6 Å². The van der Waals surface area contributed by atoms with Gasteiger partial charge in [0, 0.05) is 17.7 Å². The van der Waals surface area contributed by atoms with E-state index < -0.39 is 27.7 Å². The van der Waals surface area contributed by atoms with E-state index in [1.807, 2.05) is 42.5 Å². The Hall–Kier alpha value is -3.95. The molecule has 0 aliphatic heterocycles. The minimum Gasteiger partial charge on any atom is -0.351 e. The molecule has 0 spiro atoms. The molecule has 0 aromatic heterocycles. The van der Waals surface area contributed by atoms with Gasteiger partial charge >= 0.3 is 0 Å². The number of rotatable bonds is 11. The molecule has 1 atom stereocenters. The Morgan fingerprint density at radius 1 is 0.820 bits per heavy atom. The zero-order chi connectivity index (χ0) is 36.9. The van der Waals surface area contributed by atoms with E-state index in [1.54, 1.807) is 30.3 Å². The standard InChI is InChI=1S/C40H44Cl2N2O5S/c1-39(2,3)22-21-26-7-11-29(12-8-26)33(25-27-9-13-30(14-10-27)37(45)43-23-24-50(47,48)49)38(46)44-34-20-19-32(35(41)36(34)42)28-15-17-31(18-16-28)40(4,5)6/h7-22,33H,23-25H2,1-6H3,(H,43,45)(H,44,46)(H,47,48,49)/b22-21+. The van der Waals surface area contributed by atoms with E-state index in [0.29, 0.717) is 22.7 Å². The van der Waals surface area contributed by atoms with Crippen LogP contribution < -0.4 is 10.6 Å². The lowest BCUT2D eigenvalue weighted by Crippen LogP contribution is -2.28. The fourth-order valence-corrected chi connectivity index (χ4v) is 6.06. The topological polar surface area (TPSA) is 113 Å². The molecule has 3 N–H and O–H groups in total. The van der Waals surface area contributed by atoms with Crippen LogP contribution in [0.3, 0.4) is 0 Å². The number of carbonyl (C=O) groups is 2. The van der Waals surface area contributed by atoms with Crippen LogP contribution in [0, 0.1) is 5.41 Å². The first kappa shape index (κ1) is 38.8. The van der Waals surface area contributed by atoms with Gasteiger partial charge in [0.25, 0.3) is 16.0 Å². The van der Waals surface area contributed by atoms with Crippen molar-refractivity contribution in [2.45, 2.75) is 59.3 Å². The highest BCUT2D eigenvalue weighted by Crippen LogP contribution is 2.39. The van der Waals surface area contributed by atoms with Gasteiger partial charge in [0.05, 0.1) is 27.4 Å². The minimum absolute atomic E-state index is 0.0126. The highest BCUT2D eigenvalue weighted by Gasteiger charge is 2.24. The average Bonchev–Trinajstić information content (AvgIpc) is 3.04. The van der Waals surface area contributed by atoms with E-state index in [-0.39, 0.29) is 28.3 Å². The molecule has 7 nitrogen and oxygen atoms in total. The Morgan fingerprint density at radius 3 is 2.00 bits per heavy atom. The summed E-state index contributed by atoms with van der Waals surface area (Å²) in [6.45, 7) is 12.6. The average molecular weight is 736 g/mol. The molecule has 4 rings (SSSR count). The van der Waals surface area contributed by atoms with Gasteiger partial charge < -0.3 is 10.6 Å². The Bertz CT molecular complexity index is 1960. The van der Waals surface area contributed by atoms with Crippen LogP contribution >= 0.6 is 23.2 Å². The number of nitrogens with one attached hydrogen (secondary N) is 2. The van der Waals surface area contributed by atoms with Gasteiger partial charge in [-0.05, 0) is 63.3 Å². The number of allylic oxidation sites excluding steroid dienone is 1. The Morgan fingerprint density at radius 2 is 1.44 bits per heavy atom. The molecule has 0 saturated carbocycles. The third kappa shape index (κ3) is 11.0. The molecule has 0 saturated heterocycles. The van der Waals surface area contributed by atoms with Crippen molar-refractivity contribution in [1.82, 2.24) is 5.32 Å². The second kappa shape index (κ2) is 15.9. The maximum absolute atomic E-state index is 14.0. The first-order valence-corrected chi connectivity index (χ1v) is 18.7. The molecule has 2 amide bonds. The predicted octanol–water partition coefficient (Wildman–Crippen LogP) is 9.60. The van der Waals surface area contributed by atoms with E-state index in [1.165, 1.54) is 5.56 Å². The van der Waals surface area contributed by atoms with Gasteiger partial charge in [0.2, 0.25) is 5.91 Å². The number of hydrogen-bond donors (Lipinski definition) is 3. The molecule has 0 aliphatic rings. The zero-order valence-corrected chi connectivity index (χ0v) is 31.5. The lowest BCUT2D eigenvalue weighted by molar-refractivity contribution is -0.117. The number of benzene rings is 4. The van der Waals surface area contributed by atoms with Crippen LogP contribution in [0.1, 0.15) is 80.1 Å². The van der Waals surface area contributed by atoms with Crippen molar-refractivity contribution in [1.29, 1.82) is 0 Å². The van der Waals surface area contributed by atoms with Crippen molar-refractivity contribution in [2.75, 3.05) is 17.6 Å². The SMILES string of the molecule is CC(C)(C)/C=C/c1ccc(C(Cc2ccc(C(=O)NCCS(=O)(=O)O)cc2)C(=O)Nc2ccc(-c3ccc(C(C)(C)C)cc3)c(Cl)c2Cl)cc1. The van der Waals surface area contributed by atoms with E-state index in [4.69, 9.17) is 27.8 Å². The lowest BCUT2D eigenvalue weighted by Gasteiger charge is -2.20. The maximum atomic E-state index is 14.0. The smallest absolute Gasteiger partial charge is 0.266 e. The molecule has 50 heavy (non-hydrogen) atoms. The van der Waals surface area contributed by atoms with Gasteiger partial charge in [-0.25, -0.2) is 0 Å². The summed E-state index contributed by atoms with van der Waals surface area (Å²) in [4.78, 5) is 26.5. The molecule has 4 aromatic carbocycles. The second-order valence-corrected chi connectivity index (χ2v) is 16.8. The zero-order valence-electron chi connectivity index (χ0n) is 29.2. The fraction of sp³-hybridized carbons (Fsp3) is 0.300. The van der Waals surface area contributed by atoms with E-state index >= 15 is 0 Å². The molecule has 0 fully saturated rings. The molecule has 0 heterocycles. The summed E-state index contributed by atoms with van der Waals surface area (Å²) in [5.41, 5.74) is 6.21. The third-order valence-corrected chi connectivity index (χ3v) is 9.74. The van der Waals surface area contributed by atoms with Crippen molar-refractivity contribution in [2.24, 2.45) is 5.41 Å². The van der Waals surface area contributed by atoms with Crippen molar-refractivity contribution in [3.05, 3.63) is 129 Å². The first-order valence-electron chi connectivity index (χ1n) is 16.3. The fourth-order valence-electron chi connectivity index (χ4n) is 5.21. The van der Waals surface area contributed by atoms with Crippen LogP contribution in [0.4, 0.5) is 5.69 Å². The number of hydrogen-bond acceptors (Lipinski definition) is 4. The van der Waals surface area contributed by atoms with Gasteiger partial charge in [-0.1, -0.05) is 144 Å². The summed E-state index contributed by atoms with van der Waals surface area (Å²) >= 11 is 13.5. The van der Waals surface area contributed by atoms with Crippen molar-refractivity contribution in [3.63, 3.8) is 0 Å². The van der Waals surface area contributed by atoms with Crippen LogP contribution in [0.15, 0.2) is 91.0 Å². The Labute approximate surface area is 305 Å². The van der Waals surface area contributed by atoms with Crippen LogP contribution in [-0.4, -0.2) is 37.1 Å². The summed E-state index contributed by atoms with van der Waals surface area (Å²) in [5.74, 6) is -1.96. The number of anilines is 1. The van der Waals surface area contributed by atoms with Crippen LogP contribution in [0.25, 0.3) is 17.2 Å². The number of carbonyl (C=O) groups excluding carboxylic acids is 2. The summed E-state index contributed by atoms with van der Waals surface area (Å²) < 4.78 is 30.9. The van der Waals surface area contributed by atoms with Gasteiger partial charge in [0.15, 0.2) is 0 Å². The molecule has 10 heteroatoms. The number of amides is 2. The quantitative estimate of drug-likeness (QED) is 0.133. The normalized spacial score (nSPS) is 12.9. The molecule has 0 bridgehead atoms. The van der Waals surface area contributed by atoms with Gasteiger partial charge in [-0.3, -0.25) is 14.1 Å². The van der Waals surface area contributed by atoms with Crippen LogP contribution in [-0.2, 0) is 26.7 Å². The second-order valence-electron chi connectivity index (χ2n) is 14.5. The highest BCUT2D eigenvalue weighted by molar-refractivity contribution is 7.85. The maximum Gasteiger partial charge on any atom is 0.266 e. The molecular weight excluding hydrogens is 691 g/mol. The monoisotopic (exact) mass is 734 g/mol. The minimum atomic E-state index is -4.19. The first-order chi connectivity index (χ1) is 23.3. The largest absolute Gasteiger partial charge is 0.351 e. The Kier molecular flexibility index (Phi) is 12.4. The molecule has 0 aliphatic carbocycles. The highest BCUT2D eigenvalue weighted by atomic mass is 35.5.